The molecule has 1 aromatic carbocycles. The summed E-state index contributed by atoms with van der Waals surface area (Å²) in [5, 5.41) is 18.6. The first-order valence-corrected chi connectivity index (χ1v) is 10.8. The summed E-state index contributed by atoms with van der Waals surface area (Å²) in [5.74, 6) is -2.16. The fourth-order valence-electron chi connectivity index (χ4n) is 4.21. The van der Waals surface area contributed by atoms with Crippen molar-refractivity contribution in [1.82, 2.24) is 9.99 Å². The Kier molecular flexibility index (Phi) is 6.82. The van der Waals surface area contributed by atoms with Crippen molar-refractivity contribution >= 4 is 18.2 Å². The molecule has 3 heterocycles. The van der Waals surface area contributed by atoms with E-state index in [1.807, 2.05) is 0 Å². The highest BCUT2D eigenvalue weighted by molar-refractivity contribution is 5.68. The number of halogens is 2. The minimum atomic E-state index is -1.04. The Morgan fingerprint density at radius 2 is 2.09 bits per heavy atom. The molecule has 2 aliphatic rings. The molecule has 9 heteroatoms. The Morgan fingerprint density at radius 3 is 2.88 bits per heavy atom. The van der Waals surface area contributed by atoms with Crippen LogP contribution in [0.25, 0.3) is 0 Å². The van der Waals surface area contributed by atoms with Crippen molar-refractivity contribution in [2.45, 2.75) is 50.7 Å². The number of ether oxygens (including phenoxy) is 1. The number of rotatable bonds is 9. The zero-order valence-electron chi connectivity index (χ0n) is 17.6. The van der Waals surface area contributed by atoms with Gasteiger partial charge in [0.05, 0.1) is 6.42 Å². The van der Waals surface area contributed by atoms with Crippen LogP contribution in [0.2, 0.25) is 0 Å². The van der Waals surface area contributed by atoms with E-state index < -0.39 is 29.7 Å². The summed E-state index contributed by atoms with van der Waals surface area (Å²) < 4.78 is 32.9. The molecule has 7 nitrogen and oxygen atoms in total. The SMILES string of the molecule is O=C(O)CC(CC1OC=NN1CCCc1ccc2c(n1)NCCC2)c1cc(F)cc(F)c1. The lowest BCUT2D eigenvalue weighted by molar-refractivity contribution is -0.137. The Labute approximate surface area is 185 Å². The Hall–Kier alpha value is -3.23. The molecular weight excluding hydrogens is 418 g/mol. The minimum Gasteiger partial charge on any atom is -0.481 e. The van der Waals surface area contributed by atoms with Gasteiger partial charge in [0.25, 0.3) is 0 Å². The van der Waals surface area contributed by atoms with Crippen LogP contribution in [-0.2, 0) is 22.4 Å². The van der Waals surface area contributed by atoms with Gasteiger partial charge in [-0.2, -0.15) is 0 Å². The molecule has 2 atom stereocenters. The van der Waals surface area contributed by atoms with Crippen molar-refractivity contribution in [3.63, 3.8) is 0 Å². The third-order valence-corrected chi connectivity index (χ3v) is 5.78. The number of anilines is 1. The van der Waals surface area contributed by atoms with Crippen LogP contribution in [0.3, 0.4) is 0 Å². The monoisotopic (exact) mass is 444 g/mol. The summed E-state index contributed by atoms with van der Waals surface area (Å²) in [6.45, 7) is 1.53. The van der Waals surface area contributed by atoms with E-state index in [1.165, 1.54) is 24.1 Å². The van der Waals surface area contributed by atoms with Crippen molar-refractivity contribution in [3.8, 4) is 0 Å². The standard InChI is InChI=1S/C23H26F2N4O3/c24-18-9-16(10-19(25)13-18)17(12-22(30)31)11-21-29(27-14-32-21)8-2-4-20-6-5-15-3-1-7-26-23(15)28-20/h5-6,9-10,13-14,17,21H,1-4,7-8,11-12H2,(H,26,28)(H,30,31). The summed E-state index contributed by atoms with van der Waals surface area (Å²) in [7, 11) is 0. The molecule has 0 aliphatic carbocycles. The van der Waals surface area contributed by atoms with Crippen molar-refractivity contribution in [1.29, 1.82) is 0 Å². The summed E-state index contributed by atoms with van der Waals surface area (Å²) in [5.41, 5.74) is 2.54. The fraction of sp³-hybridized carbons (Fsp3) is 0.435. The van der Waals surface area contributed by atoms with E-state index in [0.29, 0.717) is 12.1 Å². The molecule has 4 rings (SSSR count). The van der Waals surface area contributed by atoms with E-state index in [1.54, 1.807) is 5.01 Å². The number of aryl methyl sites for hydroxylation is 2. The number of nitrogens with one attached hydrogen (secondary N) is 1. The molecule has 2 N–H and O–H groups in total. The average Bonchev–Trinajstić information content (AvgIpc) is 3.19. The average molecular weight is 444 g/mol. The van der Waals surface area contributed by atoms with E-state index in [4.69, 9.17) is 9.72 Å². The van der Waals surface area contributed by atoms with Gasteiger partial charge in [-0.1, -0.05) is 6.07 Å². The van der Waals surface area contributed by atoms with Gasteiger partial charge in [0.1, 0.15) is 17.5 Å². The van der Waals surface area contributed by atoms with Gasteiger partial charge in [-0.05, 0) is 60.9 Å². The summed E-state index contributed by atoms with van der Waals surface area (Å²) >= 11 is 0. The van der Waals surface area contributed by atoms with Gasteiger partial charge in [0, 0.05) is 31.3 Å². The number of pyridine rings is 1. The van der Waals surface area contributed by atoms with Gasteiger partial charge in [-0.3, -0.25) is 9.80 Å². The Morgan fingerprint density at radius 1 is 1.28 bits per heavy atom. The van der Waals surface area contributed by atoms with Gasteiger partial charge in [0.2, 0.25) is 0 Å². The van der Waals surface area contributed by atoms with Crippen LogP contribution in [0.1, 0.15) is 48.4 Å². The molecule has 0 saturated heterocycles. The van der Waals surface area contributed by atoms with E-state index in [0.717, 1.165) is 49.8 Å². The second-order valence-corrected chi connectivity index (χ2v) is 8.15. The van der Waals surface area contributed by atoms with Crippen LogP contribution >= 0.6 is 0 Å². The van der Waals surface area contributed by atoms with Crippen molar-refractivity contribution in [2.24, 2.45) is 5.10 Å². The predicted octanol–water partition coefficient (Wildman–Crippen LogP) is 3.90. The van der Waals surface area contributed by atoms with Crippen molar-refractivity contribution in [2.75, 3.05) is 18.4 Å². The minimum absolute atomic E-state index is 0.246. The third-order valence-electron chi connectivity index (χ3n) is 5.78. The number of aliphatic carboxylic acids is 1. The molecule has 2 aromatic rings. The van der Waals surface area contributed by atoms with Gasteiger partial charge < -0.3 is 15.2 Å². The van der Waals surface area contributed by atoms with Crippen LogP contribution < -0.4 is 5.32 Å². The number of benzene rings is 1. The molecular formula is C23H26F2N4O3. The first-order valence-electron chi connectivity index (χ1n) is 10.8. The van der Waals surface area contributed by atoms with Gasteiger partial charge >= 0.3 is 5.97 Å². The second-order valence-electron chi connectivity index (χ2n) is 8.15. The second kappa shape index (κ2) is 9.93. The van der Waals surface area contributed by atoms with E-state index in [9.17, 15) is 18.7 Å². The van der Waals surface area contributed by atoms with Crippen LogP contribution in [0.15, 0.2) is 35.4 Å². The maximum atomic E-state index is 13.7. The number of carboxylic acids is 1. The predicted molar refractivity (Wildman–Crippen MR) is 115 cm³/mol. The van der Waals surface area contributed by atoms with Gasteiger partial charge in [-0.25, -0.2) is 13.8 Å². The highest BCUT2D eigenvalue weighted by Gasteiger charge is 2.28. The zero-order valence-corrected chi connectivity index (χ0v) is 17.6. The lowest BCUT2D eigenvalue weighted by Gasteiger charge is -2.26. The number of hydrazone groups is 1. The smallest absolute Gasteiger partial charge is 0.303 e. The summed E-state index contributed by atoms with van der Waals surface area (Å²) in [6.07, 6.45) is 4.53. The van der Waals surface area contributed by atoms with E-state index in [2.05, 4.69) is 22.6 Å². The highest BCUT2D eigenvalue weighted by Crippen LogP contribution is 2.30. The molecule has 2 aliphatic heterocycles. The Bertz CT molecular complexity index is 981. The maximum Gasteiger partial charge on any atom is 0.303 e. The molecule has 0 fully saturated rings. The lowest BCUT2D eigenvalue weighted by atomic mass is 9.91. The third kappa shape index (κ3) is 5.52. The number of aromatic nitrogens is 1. The van der Waals surface area contributed by atoms with Crippen LogP contribution in [0.4, 0.5) is 14.6 Å². The van der Waals surface area contributed by atoms with Crippen molar-refractivity contribution in [3.05, 3.63) is 58.8 Å². The number of nitrogens with zero attached hydrogens (tertiary/aromatic N) is 3. The van der Waals surface area contributed by atoms with E-state index >= 15 is 0 Å². The largest absolute Gasteiger partial charge is 0.481 e. The first-order chi connectivity index (χ1) is 15.5. The normalized spacial score (nSPS) is 18.1. The lowest BCUT2D eigenvalue weighted by Crippen LogP contribution is -2.31. The van der Waals surface area contributed by atoms with Crippen LogP contribution in [0.5, 0.6) is 0 Å². The number of carbonyl (C=O) groups is 1. The van der Waals surface area contributed by atoms with Gasteiger partial charge in [-0.15, -0.1) is 5.10 Å². The maximum absolute atomic E-state index is 13.7. The molecule has 170 valence electrons. The first kappa shape index (κ1) is 22.0. The Balaban J connectivity index is 1.36. The molecule has 1 aromatic heterocycles. The number of carboxylic acid groups (broad SMARTS) is 1. The molecule has 32 heavy (non-hydrogen) atoms. The fourth-order valence-corrected chi connectivity index (χ4v) is 4.21. The molecule has 0 spiro atoms. The topological polar surface area (TPSA) is 87.1 Å². The molecule has 0 radical (unpaired) electrons. The number of fused-ring (bicyclic) bond motifs is 1. The molecule has 0 saturated carbocycles. The molecule has 0 amide bonds. The van der Waals surface area contributed by atoms with Crippen LogP contribution in [0, 0.1) is 11.6 Å². The summed E-state index contributed by atoms with van der Waals surface area (Å²) in [6, 6.07) is 7.29. The van der Waals surface area contributed by atoms with Gasteiger partial charge in [0.15, 0.2) is 12.6 Å². The summed E-state index contributed by atoms with van der Waals surface area (Å²) in [4.78, 5) is 16.1. The zero-order chi connectivity index (χ0) is 22.5. The van der Waals surface area contributed by atoms with Crippen LogP contribution in [-0.4, -0.2) is 46.8 Å². The molecule has 2 unspecified atom stereocenters. The van der Waals surface area contributed by atoms with Crippen molar-refractivity contribution < 1.29 is 23.4 Å². The number of hydrogen-bond acceptors (Lipinski definition) is 6. The number of hydrogen-bond donors (Lipinski definition) is 2. The van der Waals surface area contributed by atoms with E-state index in [-0.39, 0.29) is 12.8 Å². The quantitative estimate of drug-likeness (QED) is 0.610. The highest BCUT2D eigenvalue weighted by atomic mass is 19.1. The molecule has 0 bridgehead atoms.